The van der Waals surface area contributed by atoms with Gasteiger partial charge < -0.3 is 15.1 Å². The molecule has 0 unspecified atom stereocenters. The van der Waals surface area contributed by atoms with Crippen molar-refractivity contribution in [3.05, 3.63) is 33.7 Å². The largest absolute Gasteiger partial charge is 0.619 e. The molecule has 0 saturated carbocycles. The minimum atomic E-state index is -0.00855. The van der Waals surface area contributed by atoms with E-state index in [1.807, 2.05) is 0 Å². The molecule has 0 fully saturated rings. The van der Waals surface area contributed by atoms with Gasteiger partial charge in [0.1, 0.15) is 0 Å². The van der Waals surface area contributed by atoms with Crippen molar-refractivity contribution in [3.63, 3.8) is 0 Å². The van der Waals surface area contributed by atoms with Gasteiger partial charge in [0.25, 0.3) is 0 Å². The van der Waals surface area contributed by atoms with Crippen molar-refractivity contribution in [2.75, 3.05) is 13.2 Å². The topological polar surface area (TPSA) is 56.4 Å². The molecule has 0 aromatic carbocycles. The van der Waals surface area contributed by atoms with Crippen LogP contribution in [0.25, 0.3) is 0 Å². The molecule has 13 heavy (non-hydrogen) atoms. The number of rotatable bonds is 4. The zero-order chi connectivity index (χ0) is 9.68. The van der Waals surface area contributed by atoms with Crippen LogP contribution in [0, 0.1) is 5.21 Å². The lowest BCUT2D eigenvalue weighted by atomic mass is 10.3. The first-order chi connectivity index (χ1) is 6.22. The lowest BCUT2D eigenvalue weighted by Crippen LogP contribution is -2.25. The number of nitrogens with zero attached hydrogens (tertiary/aromatic N) is 1. The Morgan fingerprint density at radius 3 is 2.92 bits per heavy atom. The van der Waals surface area contributed by atoms with Crippen molar-refractivity contribution in [1.29, 1.82) is 0 Å². The summed E-state index contributed by atoms with van der Waals surface area (Å²) in [4.78, 5) is 0. The molecule has 1 aromatic heterocycles. The highest BCUT2D eigenvalue weighted by atomic mass is 79.9. The summed E-state index contributed by atoms with van der Waals surface area (Å²) in [5.74, 6) is 0. The summed E-state index contributed by atoms with van der Waals surface area (Å²) in [6.45, 7) is 0.610. The van der Waals surface area contributed by atoms with Crippen LogP contribution >= 0.6 is 15.9 Å². The molecule has 1 N–H and O–H groups in total. The van der Waals surface area contributed by atoms with Gasteiger partial charge >= 0.3 is 0 Å². The van der Waals surface area contributed by atoms with Crippen LogP contribution in [0.3, 0.4) is 0 Å². The Morgan fingerprint density at radius 1 is 1.54 bits per heavy atom. The summed E-state index contributed by atoms with van der Waals surface area (Å²) in [7, 11) is 0. The quantitative estimate of drug-likeness (QED) is 0.482. The van der Waals surface area contributed by atoms with Crippen LogP contribution in [0.15, 0.2) is 22.9 Å². The molecule has 0 atom stereocenters. The molecule has 0 aliphatic rings. The molecule has 0 saturated heterocycles. The second-order valence-electron chi connectivity index (χ2n) is 2.50. The number of ether oxygens (including phenoxy) is 1. The van der Waals surface area contributed by atoms with Gasteiger partial charge in [-0.05, 0) is 22.0 Å². The number of aliphatic hydroxyl groups is 1. The Labute approximate surface area is 84.5 Å². The maximum Gasteiger partial charge on any atom is 0.194 e. The van der Waals surface area contributed by atoms with Gasteiger partial charge in [-0.25, -0.2) is 0 Å². The van der Waals surface area contributed by atoms with E-state index in [-0.39, 0.29) is 13.2 Å². The minimum absolute atomic E-state index is 0.00855. The maximum absolute atomic E-state index is 10.9. The smallest absolute Gasteiger partial charge is 0.194 e. The van der Waals surface area contributed by atoms with Crippen LogP contribution in [0.1, 0.15) is 5.56 Å². The predicted octanol–water partition coefficient (Wildman–Crippen LogP) is 0.591. The summed E-state index contributed by atoms with van der Waals surface area (Å²) in [5, 5.41) is 19.4. The highest BCUT2D eigenvalue weighted by Gasteiger charge is 2.00. The summed E-state index contributed by atoms with van der Waals surface area (Å²) in [5.41, 5.74) is 0.776. The third kappa shape index (κ3) is 3.71. The van der Waals surface area contributed by atoms with Gasteiger partial charge in [0.2, 0.25) is 0 Å². The van der Waals surface area contributed by atoms with E-state index in [0.717, 1.165) is 5.56 Å². The molecule has 0 aliphatic carbocycles. The van der Waals surface area contributed by atoms with E-state index in [4.69, 9.17) is 9.84 Å². The van der Waals surface area contributed by atoms with E-state index in [2.05, 4.69) is 15.9 Å². The van der Waals surface area contributed by atoms with Crippen molar-refractivity contribution in [2.24, 2.45) is 0 Å². The molecule has 0 amide bonds. The Hall–Kier alpha value is -0.650. The van der Waals surface area contributed by atoms with Crippen LogP contribution in [-0.2, 0) is 11.3 Å². The van der Waals surface area contributed by atoms with E-state index >= 15 is 0 Å². The minimum Gasteiger partial charge on any atom is -0.619 e. The van der Waals surface area contributed by atoms with E-state index in [0.29, 0.717) is 15.8 Å². The van der Waals surface area contributed by atoms with Crippen LogP contribution in [0.4, 0.5) is 0 Å². The summed E-state index contributed by atoms with van der Waals surface area (Å²) >= 11 is 3.20. The summed E-state index contributed by atoms with van der Waals surface area (Å²) in [6, 6.07) is 1.80. The average Bonchev–Trinajstić information content (AvgIpc) is 2.03. The van der Waals surface area contributed by atoms with Gasteiger partial charge in [0.15, 0.2) is 12.4 Å². The van der Waals surface area contributed by atoms with Crippen LogP contribution < -0.4 is 4.73 Å². The number of aromatic nitrogens is 1. The lowest BCUT2D eigenvalue weighted by molar-refractivity contribution is -0.606. The number of hydrogen-bond donors (Lipinski definition) is 1. The van der Waals surface area contributed by atoms with E-state index in [9.17, 15) is 5.21 Å². The third-order valence-electron chi connectivity index (χ3n) is 1.37. The summed E-state index contributed by atoms with van der Waals surface area (Å²) in [6.07, 6.45) is 2.84. The molecule has 5 heteroatoms. The van der Waals surface area contributed by atoms with E-state index < -0.39 is 0 Å². The Balaban J connectivity index is 2.56. The number of halogens is 1. The Bertz CT molecular complexity index is 260. The fraction of sp³-hybridized carbons (Fsp3) is 0.375. The van der Waals surface area contributed by atoms with Crippen LogP contribution in [0.2, 0.25) is 0 Å². The molecule has 4 nitrogen and oxygen atoms in total. The first-order valence-corrected chi connectivity index (χ1v) is 4.58. The molecular weight excluding hydrogens is 238 g/mol. The molecule has 1 rings (SSSR count). The predicted molar refractivity (Wildman–Crippen MR) is 49.8 cm³/mol. The number of pyridine rings is 1. The Kier molecular flexibility index (Phi) is 4.14. The lowest BCUT2D eigenvalue weighted by Gasteiger charge is -2.03. The van der Waals surface area contributed by atoms with Gasteiger partial charge in [-0.3, -0.25) is 0 Å². The third-order valence-corrected chi connectivity index (χ3v) is 1.80. The van der Waals surface area contributed by atoms with Gasteiger partial charge in [0.05, 0.1) is 24.3 Å². The molecule has 0 aliphatic heterocycles. The standard InChI is InChI=1S/C8H10BrNO3/c9-8-3-7(4-10(12)5-8)6-13-2-1-11/h3-5,11H,1-2,6H2. The van der Waals surface area contributed by atoms with Crippen molar-refractivity contribution in [3.8, 4) is 0 Å². The fourth-order valence-electron chi connectivity index (χ4n) is 0.907. The van der Waals surface area contributed by atoms with Crippen LogP contribution in [0.5, 0.6) is 0 Å². The Morgan fingerprint density at radius 2 is 2.31 bits per heavy atom. The molecule has 0 radical (unpaired) electrons. The SMILES string of the molecule is [O-][n+]1cc(Br)cc(COCCO)c1. The number of hydrogen-bond acceptors (Lipinski definition) is 3. The average molecular weight is 248 g/mol. The van der Waals surface area contributed by atoms with Gasteiger partial charge in [-0.2, -0.15) is 4.73 Å². The number of aliphatic hydroxyl groups excluding tert-OH is 1. The normalized spacial score (nSPS) is 10.3. The zero-order valence-electron chi connectivity index (χ0n) is 6.94. The van der Waals surface area contributed by atoms with E-state index in [1.165, 1.54) is 12.4 Å². The molecule has 0 bridgehead atoms. The summed E-state index contributed by atoms with van der Waals surface area (Å²) < 4.78 is 6.48. The molecule has 0 spiro atoms. The first kappa shape index (κ1) is 10.4. The highest BCUT2D eigenvalue weighted by molar-refractivity contribution is 9.10. The zero-order valence-corrected chi connectivity index (χ0v) is 8.53. The van der Waals surface area contributed by atoms with Crippen molar-refractivity contribution < 1.29 is 14.6 Å². The fourth-order valence-corrected chi connectivity index (χ4v) is 1.40. The van der Waals surface area contributed by atoms with Crippen molar-refractivity contribution >= 4 is 15.9 Å². The second kappa shape index (κ2) is 5.16. The van der Waals surface area contributed by atoms with Crippen LogP contribution in [-0.4, -0.2) is 18.3 Å². The van der Waals surface area contributed by atoms with E-state index in [1.54, 1.807) is 6.07 Å². The monoisotopic (exact) mass is 247 g/mol. The van der Waals surface area contributed by atoms with Crippen molar-refractivity contribution in [2.45, 2.75) is 6.61 Å². The van der Waals surface area contributed by atoms with Crippen molar-refractivity contribution in [1.82, 2.24) is 0 Å². The molecule has 1 aromatic rings. The second-order valence-corrected chi connectivity index (χ2v) is 3.41. The van der Waals surface area contributed by atoms with Gasteiger partial charge in [-0.15, -0.1) is 0 Å². The van der Waals surface area contributed by atoms with Gasteiger partial charge in [-0.1, -0.05) is 0 Å². The maximum atomic E-state index is 10.9. The highest BCUT2D eigenvalue weighted by Crippen LogP contribution is 2.09. The van der Waals surface area contributed by atoms with Gasteiger partial charge in [0, 0.05) is 5.56 Å². The molecule has 1 heterocycles. The molecular formula is C8H10BrNO3. The first-order valence-electron chi connectivity index (χ1n) is 3.79. The molecule has 72 valence electrons.